The Morgan fingerprint density at radius 2 is 1.79 bits per heavy atom. The number of hydrogen-bond acceptors (Lipinski definition) is 4. The predicted molar refractivity (Wildman–Crippen MR) is 103 cm³/mol. The Morgan fingerprint density at radius 3 is 2.29 bits per heavy atom. The molecule has 0 heterocycles. The number of ether oxygens (including phenoxy) is 1. The van der Waals surface area contributed by atoms with E-state index >= 15 is 0 Å². The van der Waals surface area contributed by atoms with E-state index in [2.05, 4.69) is 24.8 Å². The summed E-state index contributed by atoms with van der Waals surface area (Å²) in [5.41, 5.74) is 9.97. The molecule has 0 spiro atoms. The van der Waals surface area contributed by atoms with Crippen LogP contribution in [0.15, 0.2) is 24.3 Å². The maximum atomic E-state index is 11.6. The molecule has 0 bridgehead atoms. The van der Waals surface area contributed by atoms with E-state index in [9.17, 15) is 4.79 Å². The largest absolute Gasteiger partial charge is 0.463 e. The molecule has 1 aromatic rings. The van der Waals surface area contributed by atoms with Crippen molar-refractivity contribution in [2.75, 3.05) is 30.3 Å². The SMILES string of the molecule is CCCCN(CCCC)c1ccc(C(C)=CC(=O)OCC)cc1N. The van der Waals surface area contributed by atoms with Gasteiger partial charge < -0.3 is 15.4 Å². The van der Waals surface area contributed by atoms with Gasteiger partial charge in [-0.2, -0.15) is 0 Å². The molecule has 1 rings (SSSR count). The van der Waals surface area contributed by atoms with Crippen LogP contribution in [0.25, 0.3) is 5.57 Å². The number of benzene rings is 1. The number of nitrogens with zero attached hydrogens (tertiary/aromatic N) is 1. The van der Waals surface area contributed by atoms with Crippen molar-refractivity contribution in [3.63, 3.8) is 0 Å². The molecular weight excluding hydrogens is 300 g/mol. The molecule has 0 atom stereocenters. The molecule has 0 saturated carbocycles. The van der Waals surface area contributed by atoms with Crippen LogP contribution in [0, 0.1) is 0 Å². The van der Waals surface area contributed by atoms with E-state index in [-0.39, 0.29) is 5.97 Å². The lowest BCUT2D eigenvalue weighted by atomic mass is 10.0. The van der Waals surface area contributed by atoms with Gasteiger partial charge in [-0.3, -0.25) is 0 Å². The van der Waals surface area contributed by atoms with Gasteiger partial charge in [-0.1, -0.05) is 32.8 Å². The molecule has 4 nitrogen and oxygen atoms in total. The van der Waals surface area contributed by atoms with Gasteiger partial charge in [0.2, 0.25) is 0 Å². The van der Waals surface area contributed by atoms with Crippen LogP contribution in [-0.4, -0.2) is 25.7 Å². The summed E-state index contributed by atoms with van der Waals surface area (Å²) in [5.74, 6) is -0.315. The third-order valence-corrected chi connectivity index (χ3v) is 4.01. The van der Waals surface area contributed by atoms with E-state index in [4.69, 9.17) is 10.5 Å². The minimum Gasteiger partial charge on any atom is -0.463 e. The molecule has 4 heteroatoms. The standard InChI is InChI=1S/C20H32N2O2/c1-5-8-12-22(13-9-6-2)19-11-10-17(15-18(19)21)16(4)14-20(23)24-7-3/h10-11,14-15H,5-9,12-13,21H2,1-4H3. The number of carbonyl (C=O) groups is 1. The van der Waals surface area contributed by atoms with Crippen molar-refractivity contribution in [3.8, 4) is 0 Å². The summed E-state index contributed by atoms with van der Waals surface area (Å²) in [6.07, 6.45) is 6.17. The van der Waals surface area contributed by atoms with E-state index in [1.165, 1.54) is 18.9 Å². The summed E-state index contributed by atoms with van der Waals surface area (Å²) < 4.78 is 4.96. The summed E-state index contributed by atoms with van der Waals surface area (Å²) in [4.78, 5) is 14.0. The van der Waals surface area contributed by atoms with Gasteiger partial charge in [0, 0.05) is 19.2 Å². The fraction of sp³-hybridized carbons (Fsp3) is 0.550. The highest BCUT2D eigenvalue weighted by atomic mass is 16.5. The zero-order valence-corrected chi connectivity index (χ0v) is 15.6. The van der Waals surface area contributed by atoms with Gasteiger partial charge in [-0.25, -0.2) is 4.79 Å². The van der Waals surface area contributed by atoms with Crippen LogP contribution in [0.1, 0.15) is 58.9 Å². The van der Waals surface area contributed by atoms with Gasteiger partial charge in [0.15, 0.2) is 0 Å². The van der Waals surface area contributed by atoms with Crippen LogP contribution in [0.3, 0.4) is 0 Å². The molecule has 0 aromatic heterocycles. The number of carbonyl (C=O) groups excluding carboxylic acids is 1. The summed E-state index contributed by atoms with van der Waals surface area (Å²) in [5, 5.41) is 0. The molecule has 2 N–H and O–H groups in total. The second-order valence-electron chi connectivity index (χ2n) is 6.05. The fourth-order valence-corrected chi connectivity index (χ4v) is 2.58. The van der Waals surface area contributed by atoms with Crippen molar-refractivity contribution < 1.29 is 9.53 Å². The molecule has 0 aliphatic carbocycles. The summed E-state index contributed by atoms with van der Waals surface area (Å²) in [6, 6.07) is 6.05. The smallest absolute Gasteiger partial charge is 0.331 e. The molecule has 0 amide bonds. The number of rotatable bonds is 10. The lowest BCUT2D eigenvalue weighted by Gasteiger charge is -2.26. The molecule has 0 aliphatic heterocycles. The molecule has 24 heavy (non-hydrogen) atoms. The highest BCUT2D eigenvalue weighted by Gasteiger charge is 2.11. The third-order valence-electron chi connectivity index (χ3n) is 4.01. The maximum absolute atomic E-state index is 11.6. The van der Waals surface area contributed by atoms with E-state index in [0.29, 0.717) is 6.61 Å². The first-order valence-electron chi connectivity index (χ1n) is 9.03. The second kappa shape index (κ2) is 10.7. The van der Waals surface area contributed by atoms with Crippen molar-refractivity contribution in [1.82, 2.24) is 0 Å². The van der Waals surface area contributed by atoms with Gasteiger partial charge in [0.25, 0.3) is 0 Å². The number of esters is 1. The molecular formula is C20H32N2O2. The Morgan fingerprint density at radius 1 is 1.17 bits per heavy atom. The Bertz CT molecular complexity index is 545. The van der Waals surface area contributed by atoms with Crippen molar-refractivity contribution in [1.29, 1.82) is 0 Å². The molecule has 1 aromatic carbocycles. The highest BCUT2D eigenvalue weighted by Crippen LogP contribution is 2.28. The Labute approximate surface area is 146 Å². The van der Waals surface area contributed by atoms with Crippen LogP contribution < -0.4 is 10.6 Å². The van der Waals surface area contributed by atoms with Crippen molar-refractivity contribution in [2.45, 2.75) is 53.4 Å². The first kappa shape index (κ1) is 20.1. The normalized spacial score (nSPS) is 11.4. The molecule has 0 radical (unpaired) electrons. The van der Waals surface area contributed by atoms with Crippen LogP contribution in [0.4, 0.5) is 11.4 Å². The van der Waals surface area contributed by atoms with Gasteiger partial charge >= 0.3 is 5.97 Å². The summed E-state index contributed by atoms with van der Waals surface area (Å²) in [7, 11) is 0. The topological polar surface area (TPSA) is 55.6 Å². The van der Waals surface area contributed by atoms with Crippen molar-refractivity contribution in [2.24, 2.45) is 0 Å². The van der Waals surface area contributed by atoms with E-state index in [1.807, 2.05) is 19.1 Å². The van der Waals surface area contributed by atoms with Crippen LogP contribution in [0.2, 0.25) is 0 Å². The Hall–Kier alpha value is -1.97. The van der Waals surface area contributed by atoms with Crippen molar-refractivity contribution >= 4 is 22.9 Å². The number of hydrogen-bond donors (Lipinski definition) is 1. The molecule has 0 aliphatic rings. The van der Waals surface area contributed by atoms with E-state index < -0.39 is 0 Å². The number of nitrogen functional groups attached to an aromatic ring is 1. The second-order valence-corrected chi connectivity index (χ2v) is 6.05. The van der Waals surface area contributed by atoms with Crippen molar-refractivity contribution in [3.05, 3.63) is 29.8 Å². The van der Waals surface area contributed by atoms with Gasteiger partial charge in [0.05, 0.1) is 18.0 Å². The summed E-state index contributed by atoms with van der Waals surface area (Å²) in [6.45, 7) is 10.5. The maximum Gasteiger partial charge on any atom is 0.331 e. The number of allylic oxidation sites excluding steroid dienone is 1. The first-order chi connectivity index (χ1) is 11.5. The molecule has 0 fully saturated rings. The minimum atomic E-state index is -0.315. The predicted octanol–water partition coefficient (Wildman–Crippen LogP) is 4.64. The first-order valence-corrected chi connectivity index (χ1v) is 9.03. The summed E-state index contributed by atoms with van der Waals surface area (Å²) >= 11 is 0. The van der Waals surface area contributed by atoms with E-state index in [0.717, 1.165) is 48.4 Å². The van der Waals surface area contributed by atoms with Crippen LogP contribution in [0.5, 0.6) is 0 Å². The molecule has 0 saturated heterocycles. The fourth-order valence-electron chi connectivity index (χ4n) is 2.58. The van der Waals surface area contributed by atoms with Gasteiger partial charge in [0.1, 0.15) is 0 Å². The lowest BCUT2D eigenvalue weighted by molar-refractivity contribution is -0.137. The number of unbranched alkanes of at least 4 members (excludes halogenated alkanes) is 2. The average molecular weight is 332 g/mol. The quantitative estimate of drug-likeness (QED) is 0.385. The number of anilines is 2. The average Bonchev–Trinajstić information content (AvgIpc) is 2.55. The highest BCUT2D eigenvalue weighted by molar-refractivity contribution is 5.91. The Kier molecular flexibility index (Phi) is 8.98. The Balaban J connectivity index is 2.97. The number of nitrogens with two attached hydrogens (primary N) is 1. The minimum absolute atomic E-state index is 0.315. The zero-order valence-electron chi connectivity index (χ0n) is 15.6. The lowest BCUT2D eigenvalue weighted by Crippen LogP contribution is -2.26. The van der Waals surface area contributed by atoms with Crippen LogP contribution >= 0.6 is 0 Å². The zero-order chi connectivity index (χ0) is 17.9. The molecule has 134 valence electrons. The van der Waals surface area contributed by atoms with Gasteiger partial charge in [-0.05, 0) is 50.0 Å². The third kappa shape index (κ3) is 6.26. The monoisotopic (exact) mass is 332 g/mol. The molecule has 0 unspecified atom stereocenters. The van der Waals surface area contributed by atoms with Gasteiger partial charge in [-0.15, -0.1) is 0 Å². The van der Waals surface area contributed by atoms with Crippen LogP contribution in [-0.2, 0) is 9.53 Å². The van der Waals surface area contributed by atoms with E-state index in [1.54, 1.807) is 6.92 Å².